The van der Waals surface area contributed by atoms with Crippen molar-refractivity contribution < 1.29 is 19.2 Å². The number of hydrogen-bond acceptors (Lipinski definition) is 3. The van der Waals surface area contributed by atoms with E-state index in [1.807, 2.05) is 7.05 Å². The molecule has 2 aromatic rings. The van der Waals surface area contributed by atoms with E-state index in [-0.39, 0.29) is 17.2 Å². The average Bonchev–Trinajstić information content (AvgIpc) is 2.61. The van der Waals surface area contributed by atoms with Crippen molar-refractivity contribution in [3.8, 4) is 5.75 Å². The van der Waals surface area contributed by atoms with Crippen LogP contribution in [-0.2, 0) is 21.5 Å². The minimum absolute atomic E-state index is 0.118. The van der Waals surface area contributed by atoms with Crippen LogP contribution in [-0.4, -0.2) is 32.5 Å². The van der Waals surface area contributed by atoms with Crippen molar-refractivity contribution in [2.45, 2.75) is 39.7 Å². The number of carbonyl (C=O) groups excluding carboxylic acids is 2. The molecule has 6 heteroatoms. The average molecular weight is 399 g/mol. The minimum Gasteiger partial charge on any atom is -0.495 e. The maximum Gasteiger partial charge on any atom is 0.279 e. The van der Waals surface area contributed by atoms with Crippen LogP contribution in [0.25, 0.3) is 0 Å². The SMILES string of the molecule is COc1ccc(NC(C)=O)cc1NC(=O)C[NH+](C)Cc1ccc(C(C)(C)C)cc1. The number of rotatable bonds is 7. The van der Waals surface area contributed by atoms with E-state index < -0.39 is 0 Å². The molecule has 0 saturated heterocycles. The van der Waals surface area contributed by atoms with Gasteiger partial charge in [0.05, 0.1) is 19.8 Å². The van der Waals surface area contributed by atoms with Gasteiger partial charge in [-0.05, 0) is 29.2 Å². The molecule has 0 aromatic heterocycles. The Balaban J connectivity index is 1.98. The molecular weight excluding hydrogens is 366 g/mol. The number of hydrogen-bond donors (Lipinski definition) is 3. The number of quaternary nitrogens is 1. The van der Waals surface area contributed by atoms with Gasteiger partial charge >= 0.3 is 0 Å². The van der Waals surface area contributed by atoms with Crippen LogP contribution in [0.3, 0.4) is 0 Å². The molecule has 1 unspecified atom stereocenters. The molecule has 2 aromatic carbocycles. The maximum atomic E-state index is 12.5. The number of nitrogens with one attached hydrogen (secondary N) is 3. The molecule has 29 heavy (non-hydrogen) atoms. The molecule has 2 rings (SSSR count). The van der Waals surface area contributed by atoms with Crippen LogP contribution in [0.1, 0.15) is 38.8 Å². The van der Waals surface area contributed by atoms with Gasteiger partial charge in [-0.1, -0.05) is 45.0 Å². The summed E-state index contributed by atoms with van der Waals surface area (Å²) in [5, 5.41) is 5.59. The molecular formula is C23H32N3O3+. The zero-order valence-electron chi connectivity index (χ0n) is 18.2. The van der Waals surface area contributed by atoms with E-state index in [1.54, 1.807) is 25.3 Å². The number of carbonyl (C=O) groups is 2. The first-order chi connectivity index (χ1) is 13.6. The van der Waals surface area contributed by atoms with E-state index in [4.69, 9.17) is 4.74 Å². The third-order valence-corrected chi connectivity index (χ3v) is 4.58. The highest BCUT2D eigenvalue weighted by atomic mass is 16.5. The highest BCUT2D eigenvalue weighted by molar-refractivity contribution is 5.95. The fourth-order valence-corrected chi connectivity index (χ4v) is 3.09. The molecule has 0 saturated carbocycles. The van der Waals surface area contributed by atoms with E-state index in [9.17, 15) is 9.59 Å². The van der Waals surface area contributed by atoms with Crippen LogP contribution in [0.2, 0.25) is 0 Å². The Morgan fingerprint density at radius 3 is 2.24 bits per heavy atom. The molecule has 0 aliphatic heterocycles. The Kier molecular flexibility index (Phi) is 7.40. The normalized spacial score (nSPS) is 12.2. The zero-order valence-corrected chi connectivity index (χ0v) is 18.2. The quantitative estimate of drug-likeness (QED) is 0.671. The van der Waals surface area contributed by atoms with Crippen LogP contribution in [0.5, 0.6) is 5.75 Å². The maximum absolute atomic E-state index is 12.5. The summed E-state index contributed by atoms with van der Waals surface area (Å²) in [6, 6.07) is 13.7. The minimum atomic E-state index is -0.172. The Labute approximate surface area is 173 Å². The van der Waals surface area contributed by atoms with Gasteiger partial charge in [0.1, 0.15) is 12.3 Å². The number of benzene rings is 2. The fraction of sp³-hybridized carbons (Fsp3) is 0.391. The highest BCUT2D eigenvalue weighted by Gasteiger charge is 2.16. The third-order valence-electron chi connectivity index (χ3n) is 4.58. The number of anilines is 2. The first-order valence-electron chi connectivity index (χ1n) is 9.74. The van der Waals surface area contributed by atoms with E-state index in [2.05, 4.69) is 55.7 Å². The van der Waals surface area contributed by atoms with E-state index in [0.29, 0.717) is 23.7 Å². The lowest BCUT2D eigenvalue weighted by Crippen LogP contribution is -3.08. The largest absolute Gasteiger partial charge is 0.495 e. The Hall–Kier alpha value is -2.86. The molecule has 0 heterocycles. The van der Waals surface area contributed by atoms with Crippen molar-refractivity contribution in [3.63, 3.8) is 0 Å². The molecule has 2 amide bonds. The van der Waals surface area contributed by atoms with Gasteiger partial charge in [-0.3, -0.25) is 9.59 Å². The summed E-state index contributed by atoms with van der Waals surface area (Å²) in [5.74, 6) is 0.254. The van der Waals surface area contributed by atoms with Crippen molar-refractivity contribution in [2.24, 2.45) is 0 Å². The molecule has 0 aliphatic rings. The molecule has 0 radical (unpaired) electrons. The van der Waals surface area contributed by atoms with Crippen molar-refractivity contribution in [2.75, 3.05) is 31.3 Å². The number of ether oxygens (including phenoxy) is 1. The van der Waals surface area contributed by atoms with Crippen molar-refractivity contribution in [3.05, 3.63) is 53.6 Å². The summed E-state index contributed by atoms with van der Waals surface area (Å²) < 4.78 is 5.31. The van der Waals surface area contributed by atoms with Gasteiger partial charge in [0.15, 0.2) is 6.54 Å². The zero-order chi connectivity index (χ0) is 21.6. The summed E-state index contributed by atoms with van der Waals surface area (Å²) in [4.78, 5) is 24.9. The summed E-state index contributed by atoms with van der Waals surface area (Å²) >= 11 is 0. The molecule has 3 N–H and O–H groups in total. The lowest BCUT2D eigenvalue weighted by atomic mass is 9.87. The van der Waals surface area contributed by atoms with Crippen LogP contribution in [0, 0.1) is 0 Å². The van der Waals surface area contributed by atoms with Crippen LogP contribution in [0.15, 0.2) is 42.5 Å². The van der Waals surface area contributed by atoms with E-state index in [0.717, 1.165) is 11.4 Å². The fourth-order valence-electron chi connectivity index (χ4n) is 3.09. The van der Waals surface area contributed by atoms with Gasteiger partial charge in [-0.15, -0.1) is 0 Å². The van der Waals surface area contributed by atoms with Gasteiger partial charge in [0.2, 0.25) is 5.91 Å². The highest BCUT2D eigenvalue weighted by Crippen LogP contribution is 2.27. The molecule has 0 spiro atoms. The lowest BCUT2D eigenvalue weighted by Gasteiger charge is -2.20. The first kappa shape index (κ1) is 22.4. The first-order valence-corrected chi connectivity index (χ1v) is 9.74. The Morgan fingerprint density at radius 1 is 1.03 bits per heavy atom. The Morgan fingerprint density at radius 2 is 1.69 bits per heavy atom. The molecule has 0 bridgehead atoms. The monoisotopic (exact) mass is 398 g/mol. The van der Waals surface area contributed by atoms with Gasteiger partial charge in [0.25, 0.3) is 5.91 Å². The molecule has 0 fully saturated rings. The van der Waals surface area contributed by atoms with E-state index in [1.165, 1.54) is 18.1 Å². The molecule has 1 atom stereocenters. The van der Waals surface area contributed by atoms with Crippen molar-refractivity contribution in [1.29, 1.82) is 0 Å². The van der Waals surface area contributed by atoms with Gasteiger partial charge in [-0.2, -0.15) is 0 Å². The predicted octanol–water partition coefficient (Wildman–Crippen LogP) is 2.60. The van der Waals surface area contributed by atoms with Crippen LogP contribution in [0.4, 0.5) is 11.4 Å². The summed E-state index contributed by atoms with van der Waals surface area (Å²) in [6.45, 7) is 9.08. The predicted molar refractivity (Wildman–Crippen MR) is 117 cm³/mol. The standard InChI is InChI=1S/C23H31N3O3/c1-16(27)24-19-11-12-21(29-6)20(13-19)25-22(28)15-26(5)14-17-7-9-18(10-8-17)23(2,3)4/h7-13H,14-15H2,1-6H3,(H,24,27)(H,25,28)/p+1. The van der Waals surface area contributed by atoms with E-state index >= 15 is 0 Å². The topological polar surface area (TPSA) is 71.9 Å². The Bertz CT molecular complexity index is 855. The number of likely N-dealkylation sites (N-methyl/N-ethyl adjacent to an activating group) is 1. The second-order valence-electron chi connectivity index (χ2n) is 8.40. The number of methoxy groups -OCH3 is 1. The van der Waals surface area contributed by atoms with Gasteiger partial charge in [-0.25, -0.2) is 0 Å². The van der Waals surface area contributed by atoms with Gasteiger partial charge in [0, 0.05) is 18.2 Å². The number of amides is 2. The smallest absolute Gasteiger partial charge is 0.279 e. The summed E-state index contributed by atoms with van der Waals surface area (Å²) in [6.07, 6.45) is 0. The van der Waals surface area contributed by atoms with Crippen molar-refractivity contribution >= 4 is 23.2 Å². The molecule has 6 nitrogen and oxygen atoms in total. The molecule has 0 aliphatic carbocycles. The lowest BCUT2D eigenvalue weighted by molar-refractivity contribution is -0.885. The van der Waals surface area contributed by atoms with Crippen LogP contribution < -0.4 is 20.3 Å². The second-order valence-corrected chi connectivity index (χ2v) is 8.40. The van der Waals surface area contributed by atoms with Crippen LogP contribution >= 0.6 is 0 Å². The molecule has 156 valence electrons. The third kappa shape index (κ3) is 6.91. The summed E-state index contributed by atoms with van der Waals surface area (Å²) in [5.41, 5.74) is 3.75. The second kappa shape index (κ2) is 9.56. The van der Waals surface area contributed by atoms with Crippen molar-refractivity contribution in [1.82, 2.24) is 0 Å². The summed E-state index contributed by atoms with van der Waals surface area (Å²) in [7, 11) is 3.53. The van der Waals surface area contributed by atoms with Gasteiger partial charge < -0.3 is 20.3 Å².